The van der Waals surface area contributed by atoms with E-state index in [1.807, 2.05) is 12.1 Å². The molecule has 0 fully saturated rings. The minimum absolute atomic E-state index is 0.520. The van der Waals surface area contributed by atoms with Gasteiger partial charge in [0.15, 0.2) is 0 Å². The minimum Gasteiger partial charge on any atom is -0.350 e. The Labute approximate surface area is 143 Å². The van der Waals surface area contributed by atoms with Crippen LogP contribution in [0.4, 0.5) is 17.5 Å². The van der Waals surface area contributed by atoms with Gasteiger partial charge in [-0.05, 0) is 35.9 Å². The van der Waals surface area contributed by atoms with Crippen molar-refractivity contribution in [1.29, 1.82) is 0 Å². The Kier molecular flexibility index (Phi) is 4.90. The van der Waals surface area contributed by atoms with Crippen LogP contribution in [-0.4, -0.2) is 15.0 Å². The summed E-state index contributed by atoms with van der Waals surface area (Å²) in [6.45, 7) is 0.598. The van der Waals surface area contributed by atoms with E-state index in [9.17, 15) is 0 Å². The molecule has 3 rings (SSSR count). The summed E-state index contributed by atoms with van der Waals surface area (Å²) in [5.41, 5.74) is 1.82. The molecule has 0 atom stereocenters. The number of aromatic nitrogens is 3. The van der Waals surface area contributed by atoms with E-state index in [1.165, 1.54) is 0 Å². The molecule has 0 bridgehead atoms. The van der Waals surface area contributed by atoms with E-state index in [1.54, 1.807) is 42.9 Å². The lowest BCUT2D eigenvalue weighted by atomic mass is 10.3. The van der Waals surface area contributed by atoms with Gasteiger partial charge in [-0.25, -0.2) is 4.98 Å². The zero-order chi connectivity index (χ0) is 16.1. The van der Waals surface area contributed by atoms with E-state index in [0.717, 1.165) is 11.3 Å². The minimum atomic E-state index is 0.520. The monoisotopic (exact) mass is 345 g/mol. The Morgan fingerprint density at radius 2 is 1.83 bits per heavy atom. The van der Waals surface area contributed by atoms with Crippen LogP contribution >= 0.6 is 23.2 Å². The first-order valence-electron chi connectivity index (χ1n) is 6.88. The lowest BCUT2D eigenvalue weighted by molar-refractivity contribution is 1.04. The number of nitrogens with zero attached hydrogens (tertiary/aromatic N) is 3. The number of nitrogens with one attached hydrogen (secondary N) is 2. The first-order chi connectivity index (χ1) is 11.2. The second-order valence-corrected chi connectivity index (χ2v) is 5.64. The van der Waals surface area contributed by atoms with E-state index in [0.29, 0.717) is 28.4 Å². The number of hydrogen-bond donors (Lipinski definition) is 2. The van der Waals surface area contributed by atoms with Crippen molar-refractivity contribution in [3.8, 4) is 0 Å². The summed E-state index contributed by atoms with van der Waals surface area (Å²) >= 11 is 12.0. The predicted octanol–water partition coefficient (Wildman–Crippen LogP) is 4.53. The van der Waals surface area contributed by atoms with Gasteiger partial charge in [0, 0.05) is 40.9 Å². The van der Waals surface area contributed by atoms with Gasteiger partial charge in [0.05, 0.1) is 0 Å². The van der Waals surface area contributed by atoms with Crippen LogP contribution in [0.25, 0.3) is 0 Å². The molecule has 0 unspecified atom stereocenters. The summed E-state index contributed by atoms with van der Waals surface area (Å²) in [5.74, 6) is 1.17. The molecule has 2 N–H and O–H groups in total. The molecule has 0 amide bonds. The van der Waals surface area contributed by atoms with Crippen LogP contribution in [0.15, 0.2) is 55.0 Å². The van der Waals surface area contributed by atoms with Crippen molar-refractivity contribution >= 4 is 40.7 Å². The first kappa shape index (κ1) is 15.5. The quantitative estimate of drug-likeness (QED) is 0.710. The molecule has 7 heteroatoms. The van der Waals surface area contributed by atoms with Crippen LogP contribution in [0.1, 0.15) is 5.56 Å². The van der Waals surface area contributed by atoms with Crippen LogP contribution in [0.5, 0.6) is 0 Å². The highest BCUT2D eigenvalue weighted by Crippen LogP contribution is 2.24. The highest BCUT2D eigenvalue weighted by molar-refractivity contribution is 6.35. The van der Waals surface area contributed by atoms with E-state index in [-0.39, 0.29) is 0 Å². The molecule has 0 aliphatic rings. The van der Waals surface area contributed by atoms with Gasteiger partial charge in [0.25, 0.3) is 0 Å². The van der Waals surface area contributed by atoms with Gasteiger partial charge in [-0.3, -0.25) is 4.98 Å². The van der Waals surface area contributed by atoms with Gasteiger partial charge < -0.3 is 10.6 Å². The molecule has 23 heavy (non-hydrogen) atoms. The average Bonchev–Trinajstić information content (AvgIpc) is 2.53. The van der Waals surface area contributed by atoms with E-state index >= 15 is 0 Å². The average molecular weight is 346 g/mol. The van der Waals surface area contributed by atoms with Crippen molar-refractivity contribution in [3.63, 3.8) is 0 Å². The second kappa shape index (κ2) is 7.26. The normalized spacial score (nSPS) is 10.3. The van der Waals surface area contributed by atoms with E-state index in [4.69, 9.17) is 23.2 Å². The molecule has 5 nitrogen and oxygen atoms in total. The van der Waals surface area contributed by atoms with Crippen molar-refractivity contribution in [1.82, 2.24) is 15.0 Å². The highest BCUT2D eigenvalue weighted by atomic mass is 35.5. The molecule has 0 spiro atoms. The molecule has 0 aliphatic carbocycles. The third-order valence-electron chi connectivity index (χ3n) is 2.96. The molecule has 0 radical (unpaired) electrons. The third kappa shape index (κ3) is 4.55. The summed E-state index contributed by atoms with van der Waals surface area (Å²) in [6.07, 6.45) is 5.21. The molecule has 2 aromatic heterocycles. The molecule has 1 aromatic carbocycles. The van der Waals surface area contributed by atoms with E-state index in [2.05, 4.69) is 25.6 Å². The maximum absolute atomic E-state index is 5.99. The summed E-state index contributed by atoms with van der Waals surface area (Å²) in [7, 11) is 0. The third-order valence-corrected chi connectivity index (χ3v) is 3.40. The van der Waals surface area contributed by atoms with Gasteiger partial charge in [-0.2, -0.15) is 4.98 Å². The molecule has 116 valence electrons. The lowest BCUT2D eigenvalue weighted by Gasteiger charge is -2.09. The molecular formula is C16H13Cl2N5. The van der Waals surface area contributed by atoms with Crippen LogP contribution < -0.4 is 10.6 Å². The molecular weight excluding hydrogens is 333 g/mol. The Morgan fingerprint density at radius 3 is 2.57 bits per heavy atom. The van der Waals surface area contributed by atoms with Crippen molar-refractivity contribution < 1.29 is 0 Å². The van der Waals surface area contributed by atoms with Crippen molar-refractivity contribution in [2.45, 2.75) is 6.54 Å². The number of hydrogen-bond acceptors (Lipinski definition) is 5. The zero-order valence-corrected chi connectivity index (χ0v) is 13.5. The van der Waals surface area contributed by atoms with Crippen molar-refractivity contribution in [2.75, 3.05) is 10.6 Å². The Hall–Kier alpha value is -2.37. The predicted molar refractivity (Wildman–Crippen MR) is 93.3 cm³/mol. The fraction of sp³-hybridized carbons (Fsp3) is 0.0625. The van der Waals surface area contributed by atoms with Crippen LogP contribution in [0.2, 0.25) is 10.0 Å². The number of rotatable bonds is 5. The van der Waals surface area contributed by atoms with Crippen LogP contribution in [0, 0.1) is 0 Å². The molecule has 2 heterocycles. The lowest BCUT2D eigenvalue weighted by Crippen LogP contribution is -2.05. The summed E-state index contributed by atoms with van der Waals surface area (Å²) in [5, 5.41) is 7.43. The number of halogens is 2. The number of anilines is 3. The molecule has 3 aromatic rings. The maximum Gasteiger partial charge on any atom is 0.224 e. The van der Waals surface area contributed by atoms with Gasteiger partial charge >= 0.3 is 0 Å². The standard InChI is InChI=1S/C16H13Cl2N5/c17-12-6-13(18)8-14(7-12)22-15-3-5-20-16(23-15)21-10-11-2-1-4-19-9-11/h1-9H,10H2,(H2,20,21,22,23). The van der Waals surface area contributed by atoms with Crippen molar-refractivity contribution in [3.05, 3.63) is 70.6 Å². The highest BCUT2D eigenvalue weighted by Gasteiger charge is 2.02. The SMILES string of the molecule is Clc1cc(Cl)cc(Nc2ccnc(NCc3cccnc3)n2)c1. The Morgan fingerprint density at radius 1 is 1.00 bits per heavy atom. The Bertz CT molecular complexity index is 775. The van der Waals surface area contributed by atoms with Gasteiger partial charge in [-0.15, -0.1) is 0 Å². The van der Waals surface area contributed by atoms with E-state index < -0.39 is 0 Å². The largest absolute Gasteiger partial charge is 0.350 e. The fourth-order valence-corrected chi connectivity index (χ4v) is 2.50. The second-order valence-electron chi connectivity index (χ2n) is 4.76. The summed E-state index contributed by atoms with van der Waals surface area (Å²) in [6, 6.07) is 10.9. The summed E-state index contributed by atoms with van der Waals surface area (Å²) < 4.78 is 0. The first-order valence-corrected chi connectivity index (χ1v) is 7.63. The van der Waals surface area contributed by atoms with Crippen LogP contribution in [0.3, 0.4) is 0 Å². The van der Waals surface area contributed by atoms with Gasteiger partial charge in [0.1, 0.15) is 5.82 Å². The van der Waals surface area contributed by atoms with Crippen LogP contribution in [-0.2, 0) is 6.54 Å². The number of benzene rings is 1. The molecule has 0 saturated carbocycles. The fourth-order valence-electron chi connectivity index (χ4n) is 1.97. The van der Waals surface area contributed by atoms with Gasteiger partial charge in [-0.1, -0.05) is 29.3 Å². The summed E-state index contributed by atoms with van der Waals surface area (Å²) in [4.78, 5) is 12.7. The molecule has 0 aliphatic heterocycles. The topological polar surface area (TPSA) is 62.7 Å². The van der Waals surface area contributed by atoms with Crippen molar-refractivity contribution in [2.24, 2.45) is 0 Å². The van der Waals surface area contributed by atoms with Gasteiger partial charge in [0.2, 0.25) is 5.95 Å². The smallest absolute Gasteiger partial charge is 0.224 e. The Balaban J connectivity index is 1.69. The maximum atomic E-state index is 5.99. The molecule has 0 saturated heterocycles. The number of pyridine rings is 1. The zero-order valence-electron chi connectivity index (χ0n) is 12.0.